The minimum absolute atomic E-state index is 0.00300. The van der Waals surface area contributed by atoms with E-state index < -0.39 is 5.92 Å². The fourth-order valence-corrected chi connectivity index (χ4v) is 5.50. The molecule has 9 nitrogen and oxygen atoms in total. The number of fused-ring (bicyclic) bond motifs is 1. The second-order valence-corrected chi connectivity index (χ2v) is 10.1. The molecule has 0 bridgehead atoms. The van der Waals surface area contributed by atoms with Crippen LogP contribution in [0.25, 0.3) is 0 Å². The molecule has 178 valence electrons. The van der Waals surface area contributed by atoms with Gasteiger partial charge in [-0.25, -0.2) is 4.98 Å². The number of aromatic nitrogens is 3. The number of aryl methyl sites for hydroxylation is 3. The summed E-state index contributed by atoms with van der Waals surface area (Å²) in [6.07, 6.45) is 3.98. The first kappa shape index (κ1) is 22.5. The number of furan rings is 1. The summed E-state index contributed by atoms with van der Waals surface area (Å²) in [6, 6.07) is 1.81. The highest BCUT2D eigenvalue weighted by atomic mass is 32.1. The van der Waals surface area contributed by atoms with Gasteiger partial charge in [0.25, 0.3) is 5.91 Å². The average Bonchev–Trinajstić information content (AvgIpc) is 3.32. The van der Waals surface area contributed by atoms with E-state index >= 15 is 0 Å². The molecule has 0 radical (unpaired) electrons. The summed E-state index contributed by atoms with van der Waals surface area (Å²) >= 11 is 1.17. The topological polar surface area (TPSA) is 110 Å². The number of nitrogens with one attached hydrogen (secondary N) is 1. The van der Waals surface area contributed by atoms with Gasteiger partial charge in [0.05, 0.1) is 34.0 Å². The third-order valence-electron chi connectivity index (χ3n) is 6.75. The third-order valence-corrected chi connectivity index (χ3v) is 7.81. The van der Waals surface area contributed by atoms with Crippen molar-refractivity contribution in [2.45, 2.75) is 59.0 Å². The van der Waals surface area contributed by atoms with Crippen molar-refractivity contribution < 1.29 is 18.8 Å². The van der Waals surface area contributed by atoms with Crippen LogP contribution in [0.5, 0.6) is 0 Å². The van der Waals surface area contributed by atoms with Crippen LogP contribution in [0.15, 0.2) is 16.7 Å². The van der Waals surface area contributed by atoms with Crippen molar-refractivity contribution in [1.29, 1.82) is 0 Å². The van der Waals surface area contributed by atoms with Gasteiger partial charge >= 0.3 is 0 Å². The second kappa shape index (κ2) is 8.50. The number of amides is 2. The Bertz CT molecular complexity index is 1300. The molecule has 3 heterocycles. The molecule has 0 aliphatic heterocycles. The SMILES string of the molecule is Cc1nn(C)c(C)c1CN(C(=O)[C@H]1CC(=O)c2sc(NC(=O)c3ccoc3C)nc2C1)C1CC1. The molecular weight excluding hydrogens is 454 g/mol. The van der Waals surface area contributed by atoms with Crippen molar-refractivity contribution in [1.82, 2.24) is 19.7 Å². The number of carbonyl (C=O) groups excluding carboxylic acids is 3. The smallest absolute Gasteiger partial charge is 0.260 e. The highest BCUT2D eigenvalue weighted by Crippen LogP contribution is 2.36. The Morgan fingerprint density at radius 1 is 1.26 bits per heavy atom. The Kier molecular flexibility index (Phi) is 5.63. The van der Waals surface area contributed by atoms with Crippen molar-refractivity contribution in [2.75, 3.05) is 5.32 Å². The molecule has 1 N–H and O–H groups in total. The van der Waals surface area contributed by atoms with Crippen molar-refractivity contribution in [3.05, 3.63) is 51.2 Å². The summed E-state index contributed by atoms with van der Waals surface area (Å²) in [7, 11) is 1.91. The first-order valence-corrected chi connectivity index (χ1v) is 12.2. The number of ketones is 1. The number of hydrogen-bond acceptors (Lipinski definition) is 7. The fraction of sp³-hybridized carbons (Fsp3) is 0.458. The van der Waals surface area contributed by atoms with Gasteiger partial charge in [0.1, 0.15) is 5.76 Å². The summed E-state index contributed by atoms with van der Waals surface area (Å²) in [4.78, 5) is 46.0. The molecule has 1 saturated carbocycles. The van der Waals surface area contributed by atoms with E-state index in [0.29, 0.717) is 40.0 Å². The molecule has 10 heteroatoms. The molecule has 0 spiro atoms. The first-order chi connectivity index (χ1) is 16.2. The molecule has 2 amide bonds. The minimum Gasteiger partial charge on any atom is -0.469 e. The molecule has 2 aliphatic carbocycles. The van der Waals surface area contributed by atoms with E-state index in [1.54, 1.807) is 13.0 Å². The lowest BCUT2D eigenvalue weighted by molar-refractivity contribution is -0.136. The number of Topliss-reactive ketones (excluding diaryl/α,β-unsaturated/α-hetero) is 1. The summed E-state index contributed by atoms with van der Waals surface area (Å²) in [5.74, 6) is -0.364. The zero-order valence-corrected chi connectivity index (χ0v) is 20.5. The predicted octanol–water partition coefficient (Wildman–Crippen LogP) is 3.58. The van der Waals surface area contributed by atoms with Gasteiger partial charge in [-0.15, -0.1) is 0 Å². The Morgan fingerprint density at radius 2 is 2.03 bits per heavy atom. The quantitative estimate of drug-likeness (QED) is 0.576. The summed E-state index contributed by atoms with van der Waals surface area (Å²) in [5.41, 5.74) is 4.05. The number of carbonyl (C=O) groups is 3. The Morgan fingerprint density at radius 3 is 2.65 bits per heavy atom. The molecule has 0 aromatic carbocycles. The van der Waals surface area contributed by atoms with Crippen LogP contribution in [0.1, 0.15) is 67.7 Å². The molecule has 0 saturated heterocycles. The van der Waals surface area contributed by atoms with Crippen LogP contribution >= 0.6 is 11.3 Å². The highest BCUT2D eigenvalue weighted by molar-refractivity contribution is 7.17. The van der Waals surface area contributed by atoms with Gasteiger partial charge in [0.15, 0.2) is 10.9 Å². The molecule has 0 unspecified atom stereocenters. The predicted molar refractivity (Wildman–Crippen MR) is 126 cm³/mol. The van der Waals surface area contributed by atoms with Gasteiger partial charge in [-0.05, 0) is 39.7 Å². The van der Waals surface area contributed by atoms with Crippen LogP contribution in [0.4, 0.5) is 5.13 Å². The van der Waals surface area contributed by atoms with E-state index in [1.807, 2.05) is 30.5 Å². The van der Waals surface area contributed by atoms with Crippen molar-refractivity contribution in [3.8, 4) is 0 Å². The molecule has 1 atom stereocenters. The van der Waals surface area contributed by atoms with Crippen molar-refractivity contribution in [2.24, 2.45) is 13.0 Å². The molecular formula is C24H27N5O4S. The maximum atomic E-state index is 13.6. The highest BCUT2D eigenvalue weighted by Gasteiger charge is 2.40. The summed E-state index contributed by atoms with van der Waals surface area (Å²) in [6.45, 7) is 6.19. The van der Waals surface area contributed by atoms with Gasteiger partial charge in [0, 0.05) is 43.7 Å². The Balaban J connectivity index is 1.33. The molecule has 1 fully saturated rings. The lowest BCUT2D eigenvalue weighted by Gasteiger charge is -2.29. The maximum Gasteiger partial charge on any atom is 0.260 e. The minimum atomic E-state index is -0.445. The molecule has 34 heavy (non-hydrogen) atoms. The van der Waals surface area contributed by atoms with Crippen LogP contribution < -0.4 is 5.32 Å². The zero-order valence-electron chi connectivity index (χ0n) is 19.7. The number of anilines is 1. The van der Waals surface area contributed by atoms with E-state index in [1.165, 1.54) is 17.6 Å². The van der Waals surface area contributed by atoms with Crippen LogP contribution in [0.3, 0.4) is 0 Å². The zero-order chi connectivity index (χ0) is 24.1. The van der Waals surface area contributed by atoms with Gasteiger partial charge in [-0.1, -0.05) is 11.3 Å². The first-order valence-electron chi connectivity index (χ1n) is 11.4. The van der Waals surface area contributed by atoms with Gasteiger partial charge in [-0.3, -0.25) is 24.4 Å². The Labute approximate surface area is 201 Å². The second-order valence-electron chi connectivity index (χ2n) is 9.14. The number of nitrogens with zero attached hydrogens (tertiary/aromatic N) is 4. The van der Waals surface area contributed by atoms with E-state index in [0.717, 1.165) is 29.8 Å². The van der Waals surface area contributed by atoms with E-state index in [9.17, 15) is 14.4 Å². The van der Waals surface area contributed by atoms with Crippen molar-refractivity contribution in [3.63, 3.8) is 0 Å². The van der Waals surface area contributed by atoms with E-state index in [-0.39, 0.29) is 30.1 Å². The standard InChI is InChI=1S/C24H27N5O4S/c1-12-18(13(2)28(4)27-12)11-29(16-5-6-16)23(32)15-9-19-21(20(30)10-15)34-24(25-19)26-22(31)17-7-8-33-14(17)3/h7-8,15-16H,5-6,9-11H2,1-4H3,(H,25,26,31)/t15-/m1/s1. The number of hydrogen-bond donors (Lipinski definition) is 1. The van der Waals surface area contributed by atoms with Crippen LogP contribution in [0, 0.1) is 26.7 Å². The molecule has 3 aromatic heterocycles. The van der Waals surface area contributed by atoms with Gasteiger partial charge < -0.3 is 9.32 Å². The maximum absolute atomic E-state index is 13.6. The Hall–Kier alpha value is -3.27. The number of thiazole rings is 1. The van der Waals surface area contributed by atoms with Gasteiger partial charge in [0.2, 0.25) is 5.91 Å². The van der Waals surface area contributed by atoms with Crippen LogP contribution in [-0.4, -0.2) is 43.3 Å². The van der Waals surface area contributed by atoms with Crippen LogP contribution in [-0.2, 0) is 24.8 Å². The molecule has 3 aromatic rings. The monoisotopic (exact) mass is 481 g/mol. The summed E-state index contributed by atoms with van der Waals surface area (Å²) < 4.78 is 7.03. The van der Waals surface area contributed by atoms with E-state index in [2.05, 4.69) is 15.4 Å². The summed E-state index contributed by atoms with van der Waals surface area (Å²) in [5, 5.41) is 7.60. The molecule has 2 aliphatic rings. The third kappa shape index (κ3) is 4.06. The van der Waals surface area contributed by atoms with Crippen LogP contribution in [0.2, 0.25) is 0 Å². The van der Waals surface area contributed by atoms with E-state index in [4.69, 9.17) is 4.42 Å². The lowest BCUT2D eigenvalue weighted by atomic mass is 9.88. The fourth-order valence-electron chi connectivity index (χ4n) is 4.57. The number of rotatable bonds is 6. The molecule has 5 rings (SSSR count). The normalized spacial score (nSPS) is 17.5. The van der Waals surface area contributed by atoms with Crippen molar-refractivity contribution >= 4 is 34.1 Å². The average molecular weight is 482 g/mol. The largest absolute Gasteiger partial charge is 0.469 e. The van der Waals surface area contributed by atoms with Gasteiger partial charge in [-0.2, -0.15) is 5.10 Å². The lowest BCUT2D eigenvalue weighted by Crippen LogP contribution is -2.40.